The molecule has 4 rings (SSSR count). The molecule has 0 unspecified atom stereocenters. The summed E-state index contributed by atoms with van der Waals surface area (Å²) >= 11 is 0.805. The quantitative estimate of drug-likeness (QED) is 0.0666. The third kappa shape index (κ3) is 8.22. The van der Waals surface area contributed by atoms with E-state index in [0.29, 0.717) is 22.0 Å². The number of ether oxygens (including phenoxy) is 1. The van der Waals surface area contributed by atoms with Gasteiger partial charge < -0.3 is 15.2 Å². The van der Waals surface area contributed by atoms with Crippen molar-refractivity contribution in [2.75, 3.05) is 18.5 Å². The Bertz CT molecular complexity index is 1500. The standard InChI is InChI=1S/C25H21N7O9S/c33-11-12-39-20-13-17(31-29-16-5-8-18(9-6-16)42-41-40-38)7-10-19(20)26-22(34)14-1-3-15(4-2-14)30-32-21-23(35)27-25(37)28-24(21)36/h1-10,13,21,33,38H,11-12H2,(H,26,34)(H2,27,28,35,36,37). The highest BCUT2D eigenvalue weighted by Gasteiger charge is 2.34. The Balaban J connectivity index is 1.42. The summed E-state index contributed by atoms with van der Waals surface area (Å²) in [7, 11) is 0. The van der Waals surface area contributed by atoms with Crippen molar-refractivity contribution in [2.24, 2.45) is 20.5 Å². The number of nitrogens with one attached hydrogen (secondary N) is 3. The second kappa shape index (κ2) is 14.5. The average Bonchev–Trinajstić information content (AvgIpc) is 2.99. The predicted molar refractivity (Wildman–Crippen MR) is 145 cm³/mol. The van der Waals surface area contributed by atoms with E-state index in [1.54, 1.807) is 42.5 Å². The monoisotopic (exact) mass is 595 g/mol. The molecule has 16 nitrogen and oxygen atoms in total. The number of amides is 5. The number of carbonyl (C=O) groups excluding carboxylic acids is 4. The van der Waals surface area contributed by atoms with Crippen LogP contribution >= 0.6 is 12.0 Å². The number of hydrogen-bond donors (Lipinski definition) is 5. The van der Waals surface area contributed by atoms with Crippen LogP contribution in [-0.2, 0) is 19.0 Å². The molecule has 0 spiro atoms. The highest BCUT2D eigenvalue weighted by atomic mass is 32.2. The number of carbonyl (C=O) groups is 4. The zero-order chi connectivity index (χ0) is 29.9. The Kier molecular flexibility index (Phi) is 10.3. The summed E-state index contributed by atoms with van der Waals surface area (Å²) in [6.07, 6.45) is 0. The first kappa shape index (κ1) is 29.9. The molecule has 1 heterocycles. The number of benzene rings is 3. The van der Waals surface area contributed by atoms with E-state index in [1.807, 2.05) is 10.6 Å². The fourth-order valence-corrected chi connectivity index (χ4v) is 3.66. The van der Waals surface area contributed by atoms with Crippen molar-refractivity contribution in [3.63, 3.8) is 0 Å². The van der Waals surface area contributed by atoms with Crippen LogP contribution < -0.4 is 20.7 Å². The van der Waals surface area contributed by atoms with Gasteiger partial charge in [0.1, 0.15) is 12.4 Å². The van der Waals surface area contributed by atoms with Gasteiger partial charge in [0, 0.05) is 16.5 Å². The van der Waals surface area contributed by atoms with Crippen molar-refractivity contribution in [1.29, 1.82) is 0 Å². The Morgan fingerprint density at radius 2 is 1.50 bits per heavy atom. The van der Waals surface area contributed by atoms with Crippen molar-refractivity contribution in [3.8, 4) is 5.75 Å². The minimum absolute atomic E-state index is 0.0346. The molecule has 5 amide bonds. The molecule has 0 saturated carbocycles. The van der Waals surface area contributed by atoms with E-state index in [4.69, 9.17) is 9.99 Å². The van der Waals surface area contributed by atoms with E-state index in [-0.39, 0.29) is 30.2 Å². The fraction of sp³-hybridized carbons (Fsp3) is 0.120. The minimum Gasteiger partial charge on any atom is -0.489 e. The molecule has 0 radical (unpaired) electrons. The molecule has 5 N–H and O–H groups in total. The van der Waals surface area contributed by atoms with Gasteiger partial charge in [0.05, 0.1) is 41.4 Å². The normalized spacial score (nSPS) is 13.8. The van der Waals surface area contributed by atoms with E-state index in [9.17, 15) is 24.3 Å². The van der Waals surface area contributed by atoms with Gasteiger partial charge in [-0.2, -0.15) is 20.5 Å². The largest absolute Gasteiger partial charge is 0.489 e. The number of barbiturate groups is 1. The molecule has 3 aromatic carbocycles. The third-order valence-electron chi connectivity index (χ3n) is 5.23. The van der Waals surface area contributed by atoms with Crippen LogP contribution in [0.2, 0.25) is 0 Å². The van der Waals surface area contributed by atoms with Crippen LogP contribution in [0, 0.1) is 0 Å². The zero-order valence-corrected chi connectivity index (χ0v) is 22.1. The number of aliphatic hydroxyl groups is 1. The number of hydrogen-bond acceptors (Lipinski definition) is 14. The molecule has 1 saturated heterocycles. The molecular weight excluding hydrogens is 574 g/mol. The van der Waals surface area contributed by atoms with Crippen LogP contribution in [0.1, 0.15) is 10.4 Å². The lowest BCUT2D eigenvalue weighted by Gasteiger charge is -2.16. The summed E-state index contributed by atoms with van der Waals surface area (Å²) < 4.78 is 9.93. The molecule has 1 aliphatic rings. The Hall–Kier alpha value is -5.07. The van der Waals surface area contributed by atoms with Crippen LogP contribution in [-0.4, -0.2) is 53.4 Å². The fourth-order valence-electron chi connectivity index (χ4n) is 3.30. The third-order valence-corrected chi connectivity index (χ3v) is 5.82. The molecule has 216 valence electrons. The van der Waals surface area contributed by atoms with Crippen LogP contribution in [0.25, 0.3) is 0 Å². The van der Waals surface area contributed by atoms with Gasteiger partial charge in [0.25, 0.3) is 17.7 Å². The number of azo groups is 2. The van der Waals surface area contributed by atoms with Crippen LogP contribution in [0.5, 0.6) is 5.75 Å². The topological polar surface area (TPSA) is 222 Å². The number of rotatable bonds is 12. The molecule has 3 aromatic rings. The Labute approximate surface area is 240 Å². The smallest absolute Gasteiger partial charge is 0.328 e. The number of aliphatic hydroxyl groups excluding tert-OH is 1. The van der Waals surface area contributed by atoms with E-state index in [1.165, 1.54) is 24.3 Å². The van der Waals surface area contributed by atoms with Crippen LogP contribution in [0.15, 0.2) is 92.1 Å². The van der Waals surface area contributed by atoms with Gasteiger partial charge in [-0.05, 0) is 60.7 Å². The van der Waals surface area contributed by atoms with Crippen molar-refractivity contribution in [2.45, 2.75) is 10.9 Å². The summed E-state index contributed by atoms with van der Waals surface area (Å²) in [4.78, 5) is 48.2. The van der Waals surface area contributed by atoms with Gasteiger partial charge in [0.15, 0.2) is 0 Å². The summed E-state index contributed by atoms with van der Waals surface area (Å²) in [6, 6.07) is 14.8. The molecule has 1 aliphatic heterocycles. The number of anilines is 1. The van der Waals surface area contributed by atoms with Crippen molar-refractivity contribution >= 4 is 58.5 Å². The van der Waals surface area contributed by atoms with Crippen molar-refractivity contribution in [3.05, 3.63) is 72.3 Å². The summed E-state index contributed by atoms with van der Waals surface area (Å²) in [6.45, 7) is -0.294. The molecule has 0 atom stereocenters. The van der Waals surface area contributed by atoms with E-state index in [2.05, 4.69) is 35.1 Å². The Morgan fingerprint density at radius 1 is 0.881 bits per heavy atom. The van der Waals surface area contributed by atoms with Gasteiger partial charge in [-0.15, -0.1) is 4.33 Å². The first-order valence-corrected chi connectivity index (χ1v) is 12.6. The SMILES string of the molecule is O=C1NC(=O)C(N=Nc2ccc(C(=O)Nc3ccc(N=Nc4ccc(SOOO)cc4)cc3OCCO)cc2)C(=O)N1. The highest BCUT2D eigenvalue weighted by Crippen LogP contribution is 2.32. The summed E-state index contributed by atoms with van der Waals surface area (Å²) in [5.41, 5.74) is 1.76. The predicted octanol–water partition coefficient (Wildman–Crippen LogP) is 3.97. The van der Waals surface area contributed by atoms with E-state index < -0.39 is 29.8 Å². The Morgan fingerprint density at radius 3 is 2.17 bits per heavy atom. The second-order valence-corrected chi connectivity index (χ2v) is 8.87. The van der Waals surface area contributed by atoms with Crippen molar-refractivity contribution < 1.29 is 43.7 Å². The number of nitrogens with zero attached hydrogens (tertiary/aromatic N) is 4. The van der Waals surface area contributed by atoms with Gasteiger partial charge in [-0.3, -0.25) is 25.0 Å². The maximum absolute atomic E-state index is 12.9. The number of urea groups is 1. The van der Waals surface area contributed by atoms with Gasteiger partial charge >= 0.3 is 6.03 Å². The van der Waals surface area contributed by atoms with Crippen molar-refractivity contribution in [1.82, 2.24) is 10.6 Å². The van der Waals surface area contributed by atoms with E-state index in [0.717, 1.165) is 12.0 Å². The maximum atomic E-state index is 12.9. The van der Waals surface area contributed by atoms with Crippen LogP contribution in [0.3, 0.4) is 0 Å². The number of imide groups is 2. The molecular formula is C25H21N7O9S. The molecule has 0 aromatic heterocycles. The lowest BCUT2D eigenvalue weighted by atomic mass is 10.2. The maximum Gasteiger partial charge on any atom is 0.328 e. The lowest BCUT2D eigenvalue weighted by molar-refractivity contribution is -0.432. The van der Waals surface area contributed by atoms with E-state index >= 15 is 0 Å². The molecule has 42 heavy (non-hydrogen) atoms. The average molecular weight is 596 g/mol. The molecule has 1 fully saturated rings. The summed E-state index contributed by atoms with van der Waals surface area (Å²) in [5, 5.41) is 43.4. The first-order chi connectivity index (χ1) is 20.4. The summed E-state index contributed by atoms with van der Waals surface area (Å²) in [5.74, 6) is -2.04. The minimum atomic E-state index is -1.52. The van der Waals surface area contributed by atoms with Gasteiger partial charge in [-0.25, -0.2) is 10.1 Å². The molecule has 0 bridgehead atoms. The van der Waals surface area contributed by atoms with Crippen LogP contribution in [0.4, 0.5) is 27.5 Å². The first-order valence-electron chi connectivity index (χ1n) is 11.9. The molecule has 17 heteroatoms. The lowest BCUT2D eigenvalue weighted by Crippen LogP contribution is -2.57. The van der Waals surface area contributed by atoms with Gasteiger partial charge in [0.2, 0.25) is 6.04 Å². The zero-order valence-electron chi connectivity index (χ0n) is 21.3. The second-order valence-electron chi connectivity index (χ2n) is 8.10. The van der Waals surface area contributed by atoms with Gasteiger partial charge in [-0.1, -0.05) is 5.04 Å². The molecule has 0 aliphatic carbocycles. The highest BCUT2D eigenvalue weighted by molar-refractivity contribution is 7.94.